The van der Waals surface area contributed by atoms with Crippen LogP contribution in [0.15, 0.2) is 5.16 Å². The molecule has 0 saturated carbocycles. The number of hydrogen-bond donors (Lipinski definition) is 1. The van der Waals surface area contributed by atoms with Gasteiger partial charge in [-0.25, -0.2) is 0 Å². The molecule has 3 heteroatoms. The second kappa shape index (κ2) is 5.13. The summed E-state index contributed by atoms with van der Waals surface area (Å²) in [6, 6.07) is 0. The molecule has 0 bridgehead atoms. The second-order valence-electron chi connectivity index (χ2n) is 2.79. The van der Waals surface area contributed by atoms with Crippen LogP contribution in [0, 0.1) is 0 Å². The van der Waals surface area contributed by atoms with E-state index in [0.717, 1.165) is 19.5 Å². The monoisotopic (exact) mass is 156 g/mol. The summed E-state index contributed by atoms with van der Waals surface area (Å²) in [7, 11) is 0. The van der Waals surface area contributed by atoms with Crippen LogP contribution in [0.4, 0.5) is 0 Å². The maximum atomic E-state index is 5.22. The first-order chi connectivity index (χ1) is 5.43. The van der Waals surface area contributed by atoms with E-state index in [1.54, 1.807) is 6.21 Å². The van der Waals surface area contributed by atoms with Crippen LogP contribution in [0.2, 0.25) is 0 Å². The van der Waals surface area contributed by atoms with Gasteiger partial charge in [0.15, 0.2) is 0 Å². The third kappa shape index (κ3) is 3.37. The van der Waals surface area contributed by atoms with Crippen LogP contribution in [0.1, 0.15) is 26.2 Å². The average molecular weight is 156 g/mol. The molecule has 0 radical (unpaired) electrons. The van der Waals surface area contributed by atoms with Crippen LogP contribution in [-0.4, -0.2) is 25.4 Å². The fraction of sp³-hybridized carbons (Fsp3) is 0.875. The van der Waals surface area contributed by atoms with E-state index in [-0.39, 0.29) is 6.10 Å². The zero-order chi connectivity index (χ0) is 7.94. The van der Waals surface area contributed by atoms with Crippen molar-refractivity contribution in [3.05, 3.63) is 0 Å². The van der Waals surface area contributed by atoms with Gasteiger partial charge in [0.25, 0.3) is 0 Å². The summed E-state index contributed by atoms with van der Waals surface area (Å²) in [6.07, 6.45) is 5.61. The highest BCUT2D eigenvalue weighted by molar-refractivity contribution is 5.52. The first-order valence-electron chi connectivity index (χ1n) is 4.28. The molecule has 1 N–H and O–H groups in total. The first kappa shape index (κ1) is 8.53. The Bertz CT molecular complexity index is 117. The Morgan fingerprint density at radius 3 is 3.27 bits per heavy atom. The molecule has 3 nitrogen and oxygen atoms in total. The molecule has 64 valence electrons. The normalized spacial score (nSPS) is 26.8. The number of nitrogens with zero attached hydrogens (tertiary/aromatic N) is 1. The molecule has 1 atom stereocenters. The van der Waals surface area contributed by atoms with Crippen molar-refractivity contribution in [2.75, 3.05) is 13.1 Å². The van der Waals surface area contributed by atoms with Gasteiger partial charge in [-0.15, -0.1) is 0 Å². The molecule has 1 aliphatic rings. The summed E-state index contributed by atoms with van der Waals surface area (Å²) in [5.41, 5.74) is 0. The molecule has 1 fully saturated rings. The highest BCUT2D eigenvalue weighted by atomic mass is 16.6. The van der Waals surface area contributed by atoms with Crippen molar-refractivity contribution in [2.45, 2.75) is 32.3 Å². The largest absolute Gasteiger partial charge is 0.391 e. The molecule has 0 aromatic heterocycles. The van der Waals surface area contributed by atoms with Crippen molar-refractivity contribution in [2.24, 2.45) is 5.16 Å². The molecule has 1 rings (SSSR count). The third-order valence-corrected chi connectivity index (χ3v) is 1.82. The summed E-state index contributed by atoms with van der Waals surface area (Å²) in [5.74, 6) is 0. The van der Waals surface area contributed by atoms with Crippen LogP contribution in [0.25, 0.3) is 0 Å². The van der Waals surface area contributed by atoms with Gasteiger partial charge in [-0.1, -0.05) is 5.16 Å². The van der Waals surface area contributed by atoms with Crippen LogP contribution in [-0.2, 0) is 4.84 Å². The molecular formula is C8H16N2O. The topological polar surface area (TPSA) is 33.6 Å². The Balaban J connectivity index is 2.19. The van der Waals surface area contributed by atoms with Gasteiger partial charge in [-0.2, -0.15) is 0 Å². The van der Waals surface area contributed by atoms with Gasteiger partial charge in [-0.3, -0.25) is 0 Å². The molecule has 1 saturated heterocycles. The van der Waals surface area contributed by atoms with Crippen molar-refractivity contribution >= 4 is 6.21 Å². The lowest BCUT2D eigenvalue weighted by Gasteiger charge is -2.10. The quantitative estimate of drug-likeness (QED) is 0.480. The minimum absolute atomic E-state index is 0.286. The summed E-state index contributed by atoms with van der Waals surface area (Å²) in [5, 5.41) is 7.08. The fourth-order valence-electron chi connectivity index (χ4n) is 1.22. The van der Waals surface area contributed by atoms with E-state index in [4.69, 9.17) is 4.84 Å². The van der Waals surface area contributed by atoms with Crippen LogP contribution in [0.3, 0.4) is 0 Å². The van der Waals surface area contributed by atoms with Crippen LogP contribution in [0.5, 0.6) is 0 Å². The maximum Gasteiger partial charge on any atom is 0.139 e. The molecular weight excluding hydrogens is 140 g/mol. The second-order valence-corrected chi connectivity index (χ2v) is 2.79. The van der Waals surface area contributed by atoms with Crippen molar-refractivity contribution < 1.29 is 4.84 Å². The number of nitrogens with one attached hydrogen (secondary N) is 1. The van der Waals surface area contributed by atoms with Crippen LogP contribution >= 0.6 is 0 Å². The minimum Gasteiger partial charge on any atom is -0.391 e. The predicted octanol–water partition coefficient (Wildman–Crippen LogP) is 1.15. The Labute approximate surface area is 67.8 Å². The Kier molecular flexibility index (Phi) is 3.98. The van der Waals surface area contributed by atoms with Gasteiger partial charge < -0.3 is 10.2 Å². The zero-order valence-corrected chi connectivity index (χ0v) is 7.05. The fourth-order valence-corrected chi connectivity index (χ4v) is 1.22. The van der Waals surface area contributed by atoms with E-state index in [1.165, 1.54) is 12.8 Å². The number of oxime groups is 1. The van der Waals surface area contributed by atoms with Crippen molar-refractivity contribution in [1.82, 2.24) is 5.32 Å². The van der Waals surface area contributed by atoms with Crippen molar-refractivity contribution in [1.29, 1.82) is 0 Å². The molecule has 1 aliphatic heterocycles. The molecule has 1 unspecified atom stereocenters. The Morgan fingerprint density at radius 2 is 2.45 bits per heavy atom. The highest BCUT2D eigenvalue weighted by Gasteiger charge is 2.11. The lowest BCUT2D eigenvalue weighted by atomic mass is 10.2. The summed E-state index contributed by atoms with van der Waals surface area (Å²) in [4.78, 5) is 5.22. The molecule has 11 heavy (non-hydrogen) atoms. The smallest absolute Gasteiger partial charge is 0.139 e. The molecule has 0 aromatic rings. The van der Waals surface area contributed by atoms with E-state index in [9.17, 15) is 0 Å². The van der Waals surface area contributed by atoms with Gasteiger partial charge in [0.1, 0.15) is 6.10 Å². The lowest BCUT2D eigenvalue weighted by Crippen LogP contribution is -2.25. The molecule has 0 aliphatic carbocycles. The summed E-state index contributed by atoms with van der Waals surface area (Å²) >= 11 is 0. The van der Waals surface area contributed by atoms with Gasteiger partial charge in [0.2, 0.25) is 0 Å². The van der Waals surface area contributed by atoms with E-state index in [2.05, 4.69) is 10.5 Å². The standard InChI is InChI=1S/C8H16N2O/c1-2-10-11-8-5-3-4-6-9-7-8/h2,8-9H,3-7H2,1H3. The van der Waals surface area contributed by atoms with Gasteiger partial charge >= 0.3 is 0 Å². The van der Waals surface area contributed by atoms with Crippen molar-refractivity contribution in [3.8, 4) is 0 Å². The maximum absolute atomic E-state index is 5.22. The van der Waals surface area contributed by atoms with Gasteiger partial charge in [-0.05, 0) is 32.7 Å². The van der Waals surface area contributed by atoms with E-state index >= 15 is 0 Å². The summed E-state index contributed by atoms with van der Waals surface area (Å²) < 4.78 is 0. The van der Waals surface area contributed by atoms with E-state index in [1.807, 2.05) is 6.92 Å². The molecule has 0 aromatic carbocycles. The number of rotatable bonds is 2. The molecule has 1 heterocycles. The zero-order valence-electron chi connectivity index (χ0n) is 7.05. The van der Waals surface area contributed by atoms with Crippen LogP contribution < -0.4 is 5.32 Å². The highest BCUT2D eigenvalue weighted by Crippen LogP contribution is 2.07. The van der Waals surface area contributed by atoms with Gasteiger partial charge in [0, 0.05) is 12.8 Å². The van der Waals surface area contributed by atoms with E-state index in [0.29, 0.717) is 0 Å². The Morgan fingerprint density at radius 1 is 1.55 bits per heavy atom. The minimum atomic E-state index is 0.286. The number of hydrogen-bond acceptors (Lipinski definition) is 3. The SMILES string of the molecule is CC=NOC1CCCCNC1. The first-order valence-corrected chi connectivity index (χ1v) is 4.28. The molecule has 0 amide bonds. The average Bonchev–Trinajstić information content (AvgIpc) is 2.28. The Hall–Kier alpha value is -0.570. The van der Waals surface area contributed by atoms with E-state index < -0.39 is 0 Å². The summed E-state index contributed by atoms with van der Waals surface area (Å²) in [6.45, 7) is 3.93. The predicted molar refractivity (Wildman–Crippen MR) is 45.8 cm³/mol. The van der Waals surface area contributed by atoms with Gasteiger partial charge in [0.05, 0.1) is 0 Å². The lowest BCUT2D eigenvalue weighted by molar-refractivity contribution is 0.0574. The molecule has 0 spiro atoms. The third-order valence-electron chi connectivity index (χ3n) is 1.82. The van der Waals surface area contributed by atoms with Crippen molar-refractivity contribution in [3.63, 3.8) is 0 Å².